The van der Waals surface area contributed by atoms with Gasteiger partial charge < -0.3 is 5.32 Å². The Kier molecular flexibility index (Phi) is 3.78. The molecule has 0 aromatic carbocycles. The molecule has 6 nitrogen and oxygen atoms in total. The van der Waals surface area contributed by atoms with Gasteiger partial charge in [-0.1, -0.05) is 5.21 Å². The van der Waals surface area contributed by atoms with Crippen molar-refractivity contribution in [2.45, 2.75) is 19.9 Å². The Labute approximate surface area is 81.3 Å². The normalized spacial score (nSPS) is 9.79. The van der Waals surface area contributed by atoms with E-state index in [-0.39, 0.29) is 18.1 Å². The lowest BCUT2D eigenvalue weighted by atomic mass is 10.3. The molecule has 0 aliphatic heterocycles. The summed E-state index contributed by atoms with van der Waals surface area (Å²) >= 11 is 0. The van der Waals surface area contributed by atoms with Crippen LogP contribution < -0.4 is 5.32 Å². The number of nitrogens with zero attached hydrogens (tertiary/aromatic N) is 3. The number of carbonyl (C=O) groups excluding carboxylic acids is 2. The predicted molar refractivity (Wildman–Crippen MR) is 48.3 cm³/mol. The molecule has 1 heterocycles. The van der Waals surface area contributed by atoms with Crippen LogP contribution in [0.25, 0.3) is 0 Å². The van der Waals surface area contributed by atoms with Crippen molar-refractivity contribution in [2.75, 3.05) is 6.54 Å². The molecular formula is C8H12N4O2. The number of rotatable bonds is 5. The molecular weight excluding hydrogens is 184 g/mol. The van der Waals surface area contributed by atoms with E-state index < -0.39 is 0 Å². The van der Waals surface area contributed by atoms with Gasteiger partial charge >= 0.3 is 0 Å². The molecule has 0 saturated heterocycles. The maximum atomic E-state index is 11.0. The molecule has 0 spiro atoms. The maximum Gasteiger partial charge on any atom is 0.227 e. The van der Waals surface area contributed by atoms with Crippen molar-refractivity contribution in [3.63, 3.8) is 0 Å². The van der Waals surface area contributed by atoms with E-state index in [0.717, 1.165) is 0 Å². The van der Waals surface area contributed by atoms with Gasteiger partial charge in [0, 0.05) is 12.7 Å². The second kappa shape index (κ2) is 5.11. The van der Waals surface area contributed by atoms with Crippen LogP contribution in [0.15, 0.2) is 12.4 Å². The van der Waals surface area contributed by atoms with Crippen LogP contribution in [0, 0.1) is 0 Å². The van der Waals surface area contributed by atoms with Crippen LogP contribution in [0.1, 0.15) is 13.3 Å². The standard InChI is InChI=1S/C8H12N4O2/c1-7(13)6-8(14)9-2-4-12-5-3-10-11-12/h3,5H,2,4,6H2,1H3,(H,9,14). The topological polar surface area (TPSA) is 76.9 Å². The van der Waals surface area contributed by atoms with Crippen LogP contribution in [0.3, 0.4) is 0 Å². The largest absolute Gasteiger partial charge is 0.354 e. The van der Waals surface area contributed by atoms with Gasteiger partial charge in [-0.3, -0.25) is 14.3 Å². The number of hydrogen-bond acceptors (Lipinski definition) is 4. The Morgan fingerprint density at radius 2 is 2.29 bits per heavy atom. The van der Waals surface area contributed by atoms with E-state index in [0.29, 0.717) is 13.1 Å². The third kappa shape index (κ3) is 3.79. The van der Waals surface area contributed by atoms with Gasteiger partial charge in [0.1, 0.15) is 5.78 Å². The van der Waals surface area contributed by atoms with E-state index in [9.17, 15) is 9.59 Å². The van der Waals surface area contributed by atoms with Crippen LogP contribution in [0.5, 0.6) is 0 Å². The second-order valence-electron chi connectivity index (χ2n) is 2.89. The van der Waals surface area contributed by atoms with Gasteiger partial charge in [0.15, 0.2) is 0 Å². The van der Waals surface area contributed by atoms with Crippen LogP contribution in [0.2, 0.25) is 0 Å². The molecule has 0 aliphatic rings. The summed E-state index contributed by atoms with van der Waals surface area (Å²) in [6.07, 6.45) is 3.21. The summed E-state index contributed by atoms with van der Waals surface area (Å²) in [6, 6.07) is 0. The molecule has 0 unspecified atom stereocenters. The Morgan fingerprint density at radius 1 is 1.50 bits per heavy atom. The lowest BCUT2D eigenvalue weighted by Crippen LogP contribution is -2.28. The molecule has 0 bridgehead atoms. The highest BCUT2D eigenvalue weighted by atomic mass is 16.2. The number of carbonyl (C=O) groups is 2. The molecule has 76 valence electrons. The number of ketones is 1. The Morgan fingerprint density at radius 3 is 2.86 bits per heavy atom. The summed E-state index contributed by atoms with van der Waals surface area (Å²) in [7, 11) is 0. The van der Waals surface area contributed by atoms with E-state index in [1.165, 1.54) is 6.92 Å². The number of hydrogen-bond donors (Lipinski definition) is 1. The molecule has 0 aliphatic carbocycles. The fourth-order valence-electron chi connectivity index (χ4n) is 0.950. The fourth-order valence-corrected chi connectivity index (χ4v) is 0.950. The van der Waals surface area contributed by atoms with Crippen molar-refractivity contribution in [1.29, 1.82) is 0 Å². The first-order valence-corrected chi connectivity index (χ1v) is 4.28. The zero-order valence-electron chi connectivity index (χ0n) is 7.93. The van der Waals surface area contributed by atoms with Crippen molar-refractivity contribution in [3.8, 4) is 0 Å². The van der Waals surface area contributed by atoms with Crippen molar-refractivity contribution in [1.82, 2.24) is 20.3 Å². The Hall–Kier alpha value is -1.72. The molecule has 0 radical (unpaired) electrons. The highest BCUT2D eigenvalue weighted by molar-refractivity contribution is 5.96. The average Bonchev–Trinajstić information content (AvgIpc) is 2.55. The van der Waals surface area contributed by atoms with Gasteiger partial charge in [0.25, 0.3) is 0 Å². The van der Waals surface area contributed by atoms with Crippen LogP contribution in [-0.4, -0.2) is 33.2 Å². The summed E-state index contributed by atoms with van der Waals surface area (Å²) in [5.74, 6) is -0.388. The molecule has 1 N–H and O–H groups in total. The monoisotopic (exact) mass is 196 g/mol. The predicted octanol–water partition coefficient (Wildman–Crippen LogP) is -0.627. The number of Topliss-reactive ketones (excluding diaryl/α,β-unsaturated/α-hetero) is 1. The Balaban J connectivity index is 2.15. The smallest absolute Gasteiger partial charge is 0.227 e. The molecule has 0 saturated carbocycles. The lowest BCUT2D eigenvalue weighted by Gasteiger charge is -2.02. The molecule has 1 aromatic rings. The lowest BCUT2D eigenvalue weighted by molar-refractivity contribution is -0.127. The third-order valence-corrected chi connectivity index (χ3v) is 1.54. The van der Waals surface area contributed by atoms with E-state index in [4.69, 9.17) is 0 Å². The number of nitrogens with one attached hydrogen (secondary N) is 1. The molecule has 1 aromatic heterocycles. The van der Waals surface area contributed by atoms with Crippen LogP contribution in [0.4, 0.5) is 0 Å². The molecule has 6 heteroatoms. The summed E-state index contributed by atoms with van der Waals surface area (Å²) in [4.78, 5) is 21.6. The van der Waals surface area contributed by atoms with E-state index >= 15 is 0 Å². The summed E-state index contributed by atoms with van der Waals surface area (Å²) in [5, 5.41) is 9.94. The second-order valence-corrected chi connectivity index (χ2v) is 2.89. The van der Waals surface area contributed by atoms with E-state index in [1.807, 2.05) is 0 Å². The van der Waals surface area contributed by atoms with Gasteiger partial charge in [0.2, 0.25) is 5.91 Å². The zero-order chi connectivity index (χ0) is 10.4. The molecule has 0 fully saturated rings. The average molecular weight is 196 g/mol. The van der Waals surface area contributed by atoms with Gasteiger partial charge in [-0.25, -0.2) is 0 Å². The zero-order valence-corrected chi connectivity index (χ0v) is 7.93. The maximum absolute atomic E-state index is 11.0. The third-order valence-electron chi connectivity index (χ3n) is 1.54. The molecule has 1 amide bonds. The van der Waals surface area contributed by atoms with Crippen molar-refractivity contribution >= 4 is 11.7 Å². The first-order chi connectivity index (χ1) is 6.68. The fraction of sp³-hybridized carbons (Fsp3) is 0.500. The molecule has 14 heavy (non-hydrogen) atoms. The van der Waals surface area contributed by atoms with Crippen molar-refractivity contribution < 1.29 is 9.59 Å². The SMILES string of the molecule is CC(=O)CC(=O)NCCn1ccnn1. The minimum atomic E-state index is -0.252. The van der Waals surface area contributed by atoms with Gasteiger partial charge in [-0.05, 0) is 6.92 Å². The van der Waals surface area contributed by atoms with E-state index in [2.05, 4.69) is 15.6 Å². The molecule has 1 rings (SSSR count). The van der Waals surface area contributed by atoms with Gasteiger partial charge in [-0.2, -0.15) is 0 Å². The van der Waals surface area contributed by atoms with Crippen molar-refractivity contribution in [3.05, 3.63) is 12.4 Å². The minimum absolute atomic E-state index is 0.0582. The van der Waals surface area contributed by atoms with Gasteiger partial charge in [-0.15, -0.1) is 5.10 Å². The molecule has 0 atom stereocenters. The first-order valence-electron chi connectivity index (χ1n) is 4.28. The quantitative estimate of drug-likeness (QED) is 0.636. The van der Waals surface area contributed by atoms with Crippen molar-refractivity contribution in [2.24, 2.45) is 0 Å². The number of aromatic nitrogens is 3. The highest BCUT2D eigenvalue weighted by Crippen LogP contribution is 1.83. The Bertz CT molecular complexity index is 307. The van der Waals surface area contributed by atoms with Gasteiger partial charge in [0.05, 0.1) is 19.2 Å². The highest BCUT2D eigenvalue weighted by Gasteiger charge is 2.03. The van der Waals surface area contributed by atoms with Crippen LogP contribution >= 0.6 is 0 Å². The number of amides is 1. The van der Waals surface area contributed by atoms with Crippen LogP contribution in [-0.2, 0) is 16.1 Å². The summed E-state index contributed by atoms with van der Waals surface area (Å²) in [5.41, 5.74) is 0. The first kappa shape index (κ1) is 10.4. The minimum Gasteiger partial charge on any atom is -0.354 e. The summed E-state index contributed by atoms with van der Waals surface area (Å²) in [6.45, 7) is 2.40. The summed E-state index contributed by atoms with van der Waals surface area (Å²) < 4.78 is 1.61. The van der Waals surface area contributed by atoms with E-state index in [1.54, 1.807) is 17.1 Å².